The number of nitrogens with zero attached hydrogens (tertiary/aromatic N) is 2. The van der Waals surface area contributed by atoms with Crippen molar-refractivity contribution >= 4 is 33.4 Å². The second-order valence-electron chi connectivity index (χ2n) is 4.08. The molecule has 4 nitrogen and oxygen atoms in total. The molecule has 0 atom stereocenters. The van der Waals surface area contributed by atoms with E-state index >= 15 is 0 Å². The van der Waals surface area contributed by atoms with E-state index in [1.54, 1.807) is 6.92 Å². The number of aryl methyl sites for hydroxylation is 1. The topological polar surface area (TPSA) is 63.8 Å². The highest BCUT2D eigenvalue weighted by atomic mass is 79.9. The van der Waals surface area contributed by atoms with Crippen molar-refractivity contribution in [1.29, 1.82) is 0 Å². The Hall–Kier alpha value is -1.83. The second-order valence-corrected chi connectivity index (χ2v) is 4.93. The Labute approximate surface area is 121 Å². The Balaban J connectivity index is 2.37. The van der Waals surface area contributed by atoms with E-state index in [4.69, 9.17) is 5.73 Å². The monoisotopic (exact) mass is 346 g/mol. The Morgan fingerprint density at radius 2 is 2.00 bits per heavy atom. The number of nitrogens with one attached hydrogen (secondary N) is 1. The molecule has 0 saturated heterocycles. The maximum atomic E-state index is 12.8. The van der Waals surface area contributed by atoms with Crippen LogP contribution in [0.4, 0.5) is 30.6 Å². The lowest BCUT2D eigenvalue weighted by atomic mass is 10.2. The molecule has 3 N–H and O–H groups in total. The molecule has 2 rings (SSSR count). The Kier molecular flexibility index (Phi) is 3.85. The highest BCUT2D eigenvalue weighted by Gasteiger charge is 2.33. The Bertz CT molecular complexity index is 643. The average Bonchev–Trinajstić information content (AvgIpc) is 2.35. The molecule has 2 aromatic rings. The number of hydrogen-bond acceptors (Lipinski definition) is 4. The number of aromatic nitrogens is 2. The van der Waals surface area contributed by atoms with Crippen molar-refractivity contribution in [2.75, 3.05) is 11.1 Å². The number of hydrogen-bond donors (Lipinski definition) is 2. The first-order chi connectivity index (χ1) is 9.27. The molecule has 0 radical (unpaired) electrons. The zero-order valence-electron chi connectivity index (χ0n) is 10.3. The van der Waals surface area contributed by atoms with E-state index in [0.29, 0.717) is 11.4 Å². The third-order valence-electron chi connectivity index (χ3n) is 2.52. The summed E-state index contributed by atoms with van der Waals surface area (Å²) >= 11 is 2.88. The van der Waals surface area contributed by atoms with Crippen molar-refractivity contribution in [2.24, 2.45) is 0 Å². The minimum absolute atomic E-state index is 0.0190. The van der Waals surface area contributed by atoms with Crippen LogP contribution in [-0.2, 0) is 6.18 Å². The SMILES string of the molecule is Cc1cnc(N)nc1Nc1ccc(Br)c(C(F)(F)F)c1. The molecular formula is C12H10BrF3N4. The summed E-state index contributed by atoms with van der Waals surface area (Å²) in [5.74, 6) is 0.416. The van der Waals surface area contributed by atoms with Crippen LogP contribution in [0.2, 0.25) is 0 Å². The van der Waals surface area contributed by atoms with Gasteiger partial charge in [0, 0.05) is 21.9 Å². The molecule has 0 aliphatic carbocycles. The molecule has 0 aliphatic heterocycles. The van der Waals surface area contributed by atoms with Crippen molar-refractivity contribution in [1.82, 2.24) is 9.97 Å². The minimum atomic E-state index is -4.43. The van der Waals surface area contributed by atoms with Gasteiger partial charge in [0.2, 0.25) is 5.95 Å². The summed E-state index contributed by atoms with van der Waals surface area (Å²) < 4.78 is 38.4. The molecule has 0 aliphatic rings. The highest BCUT2D eigenvalue weighted by molar-refractivity contribution is 9.10. The first-order valence-corrected chi connectivity index (χ1v) is 6.29. The molecule has 0 unspecified atom stereocenters. The molecular weight excluding hydrogens is 337 g/mol. The summed E-state index contributed by atoms with van der Waals surface area (Å²) in [4.78, 5) is 7.74. The van der Waals surface area contributed by atoms with Gasteiger partial charge < -0.3 is 11.1 Å². The minimum Gasteiger partial charge on any atom is -0.368 e. The van der Waals surface area contributed by atoms with Gasteiger partial charge in [-0.05, 0) is 25.1 Å². The van der Waals surface area contributed by atoms with Crippen LogP contribution in [0.15, 0.2) is 28.9 Å². The largest absolute Gasteiger partial charge is 0.417 e. The van der Waals surface area contributed by atoms with Crippen LogP contribution in [0.3, 0.4) is 0 Å². The number of alkyl halides is 3. The summed E-state index contributed by atoms with van der Waals surface area (Å²) in [6.45, 7) is 1.73. The second kappa shape index (κ2) is 5.28. The molecule has 0 bridgehead atoms. The van der Waals surface area contributed by atoms with Crippen molar-refractivity contribution in [3.8, 4) is 0 Å². The van der Waals surface area contributed by atoms with Crippen molar-refractivity contribution in [3.63, 3.8) is 0 Å². The normalized spacial score (nSPS) is 11.4. The standard InChI is InChI=1S/C12H10BrF3N4/c1-6-5-18-11(17)20-10(6)19-7-2-3-9(13)8(4-7)12(14,15)16/h2-5H,1H3,(H3,17,18,19,20). The average molecular weight is 347 g/mol. The van der Waals surface area contributed by atoms with E-state index in [0.717, 1.165) is 6.07 Å². The van der Waals surface area contributed by atoms with E-state index in [1.807, 2.05) is 0 Å². The summed E-state index contributed by atoms with van der Waals surface area (Å²) in [6, 6.07) is 3.84. The number of benzene rings is 1. The molecule has 0 saturated carbocycles. The molecule has 1 heterocycles. The fourth-order valence-corrected chi connectivity index (χ4v) is 2.01. The van der Waals surface area contributed by atoms with Gasteiger partial charge in [-0.3, -0.25) is 0 Å². The number of nitrogen functional groups attached to an aromatic ring is 1. The summed E-state index contributed by atoms with van der Waals surface area (Å²) in [5, 5.41) is 2.80. The summed E-state index contributed by atoms with van der Waals surface area (Å²) in [7, 11) is 0. The molecule has 1 aromatic carbocycles. The van der Waals surface area contributed by atoms with Gasteiger partial charge in [-0.15, -0.1) is 0 Å². The number of halogens is 4. The summed E-state index contributed by atoms with van der Waals surface area (Å²) in [6.07, 6.45) is -2.94. The molecule has 0 amide bonds. The third-order valence-corrected chi connectivity index (χ3v) is 3.22. The maximum absolute atomic E-state index is 12.8. The molecule has 8 heteroatoms. The lowest BCUT2D eigenvalue weighted by molar-refractivity contribution is -0.138. The van der Waals surface area contributed by atoms with Gasteiger partial charge in [0.25, 0.3) is 0 Å². The zero-order chi connectivity index (χ0) is 14.9. The number of anilines is 3. The first-order valence-electron chi connectivity index (χ1n) is 5.50. The van der Waals surface area contributed by atoms with Crippen LogP contribution in [0.25, 0.3) is 0 Å². The Morgan fingerprint density at radius 1 is 1.30 bits per heavy atom. The van der Waals surface area contributed by atoms with Gasteiger partial charge in [0.1, 0.15) is 5.82 Å². The molecule has 20 heavy (non-hydrogen) atoms. The number of rotatable bonds is 2. The smallest absolute Gasteiger partial charge is 0.368 e. The van der Waals surface area contributed by atoms with E-state index in [1.165, 1.54) is 18.3 Å². The number of nitrogens with two attached hydrogens (primary N) is 1. The van der Waals surface area contributed by atoms with Crippen LogP contribution in [0.5, 0.6) is 0 Å². The van der Waals surface area contributed by atoms with Crippen molar-refractivity contribution in [2.45, 2.75) is 13.1 Å². The lowest BCUT2D eigenvalue weighted by Gasteiger charge is -2.13. The van der Waals surface area contributed by atoms with Gasteiger partial charge in [-0.1, -0.05) is 15.9 Å². The van der Waals surface area contributed by atoms with Crippen molar-refractivity contribution in [3.05, 3.63) is 40.0 Å². The van der Waals surface area contributed by atoms with E-state index in [-0.39, 0.29) is 16.1 Å². The van der Waals surface area contributed by atoms with Crippen LogP contribution in [-0.4, -0.2) is 9.97 Å². The molecule has 0 spiro atoms. The molecule has 1 aromatic heterocycles. The molecule has 0 fully saturated rings. The van der Waals surface area contributed by atoms with E-state index in [2.05, 4.69) is 31.2 Å². The van der Waals surface area contributed by atoms with Crippen LogP contribution >= 0.6 is 15.9 Å². The summed E-state index contributed by atoms with van der Waals surface area (Å²) in [5.41, 5.74) is 5.63. The predicted octanol–water partition coefficient (Wildman–Crippen LogP) is 3.89. The van der Waals surface area contributed by atoms with Crippen molar-refractivity contribution < 1.29 is 13.2 Å². The first kappa shape index (κ1) is 14.6. The van der Waals surface area contributed by atoms with Crippen LogP contribution in [0, 0.1) is 6.92 Å². The third kappa shape index (κ3) is 3.19. The van der Waals surface area contributed by atoms with Gasteiger partial charge >= 0.3 is 6.18 Å². The van der Waals surface area contributed by atoms with E-state index in [9.17, 15) is 13.2 Å². The van der Waals surface area contributed by atoms with E-state index < -0.39 is 11.7 Å². The Morgan fingerprint density at radius 3 is 2.65 bits per heavy atom. The maximum Gasteiger partial charge on any atom is 0.417 e. The fourth-order valence-electron chi connectivity index (χ4n) is 1.54. The quantitative estimate of drug-likeness (QED) is 0.865. The van der Waals surface area contributed by atoms with Gasteiger partial charge in [0.05, 0.1) is 5.56 Å². The van der Waals surface area contributed by atoms with Crippen LogP contribution < -0.4 is 11.1 Å². The lowest BCUT2D eigenvalue weighted by Crippen LogP contribution is -2.07. The predicted molar refractivity (Wildman–Crippen MR) is 73.6 cm³/mol. The molecule has 106 valence electrons. The fraction of sp³-hybridized carbons (Fsp3) is 0.167. The van der Waals surface area contributed by atoms with Gasteiger partial charge in [0.15, 0.2) is 0 Å². The van der Waals surface area contributed by atoms with Gasteiger partial charge in [-0.2, -0.15) is 18.2 Å². The van der Waals surface area contributed by atoms with Crippen LogP contribution in [0.1, 0.15) is 11.1 Å². The van der Waals surface area contributed by atoms with Gasteiger partial charge in [-0.25, -0.2) is 4.98 Å². The zero-order valence-corrected chi connectivity index (χ0v) is 11.9. The highest BCUT2D eigenvalue weighted by Crippen LogP contribution is 2.36.